The van der Waals surface area contributed by atoms with Crippen LogP contribution >= 0.6 is 23.2 Å². The van der Waals surface area contributed by atoms with E-state index in [9.17, 15) is 28.1 Å². The van der Waals surface area contributed by atoms with Crippen LogP contribution in [0.2, 0.25) is 10.0 Å². The van der Waals surface area contributed by atoms with Crippen molar-refractivity contribution in [1.29, 1.82) is 0 Å². The van der Waals surface area contributed by atoms with E-state index in [0.717, 1.165) is 22.2 Å². The summed E-state index contributed by atoms with van der Waals surface area (Å²) in [6, 6.07) is 16.5. The number of benzene rings is 3. The molecule has 0 unspecified atom stereocenters. The summed E-state index contributed by atoms with van der Waals surface area (Å²) in [6.45, 7) is 4.56. The molecule has 2 amide bonds. The summed E-state index contributed by atoms with van der Waals surface area (Å²) < 4.78 is 26.9. The van der Waals surface area contributed by atoms with Gasteiger partial charge >= 0.3 is 0 Å². The molecular weight excluding hydrogens is 615 g/mol. The second kappa shape index (κ2) is 14.7. The smallest absolute Gasteiger partial charge is 0.271 e. The van der Waals surface area contributed by atoms with Gasteiger partial charge in [-0.3, -0.25) is 24.0 Å². The van der Waals surface area contributed by atoms with Crippen molar-refractivity contribution in [2.45, 2.75) is 52.2 Å². The number of non-ortho nitro benzene ring substituents is 1. The number of nitro groups is 1. The van der Waals surface area contributed by atoms with Gasteiger partial charge in [0.15, 0.2) is 0 Å². The minimum atomic E-state index is -4.10. The monoisotopic (exact) mass is 648 g/mol. The first kappa shape index (κ1) is 33.8. The highest BCUT2D eigenvalue weighted by molar-refractivity contribution is 7.92. The lowest BCUT2D eigenvalue weighted by Gasteiger charge is -2.34. The van der Waals surface area contributed by atoms with Crippen LogP contribution in [0.4, 0.5) is 11.4 Å². The van der Waals surface area contributed by atoms with Crippen LogP contribution in [0.25, 0.3) is 0 Å². The van der Waals surface area contributed by atoms with Gasteiger partial charge in [0.25, 0.3) is 5.69 Å². The van der Waals surface area contributed by atoms with E-state index in [-0.39, 0.29) is 35.4 Å². The summed E-state index contributed by atoms with van der Waals surface area (Å²) in [5, 5.41) is 15.0. The topological polar surface area (TPSA) is 130 Å². The first-order valence-corrected chi connectivity index (χ1v) is 16.1. The van der Waals surface area contributed by atoms with Crippen molar-refractivity contribution in [3.63, 3.8) is 0 Å². The van der Waals surface area contributed by atoms with E-state index in [2.05, 4.69) is 5.32 Å². The van der Waals surface area contributed by atoms with Crippen LogP contribution in [0.3, 0.4) is 0 Å². The van der Waals surface area contributed by atoms with Gasteiger partial charge in [0, 0.05) is 31.1 Å². The Morgan fingerprint density at radius 1 is 1.00 bits per heavy atom. The number of amides is 2. The highest BCUT2D eigenvalue weighted by atomic mass is 35.5. The van der Waals surface area contributed by atoms with Crippen molar-refractivity contribution in [2.24, 2.45) is 0 Å². The van der Waals surface area contributed by atoms with E-state index < -0.39 is 39.3 Å². The van der Waals surface area contributed by atoms with E-state index in [0.29, 0.717) is 22.6 Å². The van der Waals surface area contributed by atoms with E-state index >= 15 is 0 Å². The number of halogens is 2. The van der Waals surface area contributed by atoms with Gasteiger partial charge in [-0.05, 0) is 49.1 Å². The largest absolute Gasteiger partial charge is 0.352 e. The van der Waals surface area contributed by atoms with E-state index in [1.165, 1.54) is 17.0 Å². The van der Waals surface area contributed by atoms with Crippen molar-refractivity contribution in [1.82, 2.24) is 10.2 Å². The molecule has 0 spiro atoms. The summed E-state index contributed by atoms with van der Waals surface area (Å²) in [7, 11) is -4.10. The second-order valence-electron chi connectivity index (χ2n) is 10.3. The molecule has 0 aliphatic carbocycles. The fraction of sp³-hybridized carbons (Fsp3) is 0.333. The molecule has 0 saturated carbocycles. The predicted octanol–water partition coefficient (Wildman–Crippen LogP) is 5.53. The molecule has 3 aromatic rings. The Kier molecular flexibility index (Phi) is 11.5. The molecule has 13 heteroatoms. The van der Waals surface area contributed by atoms with Gasteiger partial charge in [-0.15, -0.1) is 0 Å². The van der Waals surface area contributed by atoms with Crippen molar-refractivity contribution in [2.75, 3.05) is 17.1 Å². The fourth-order valence-electron chi connectivity index (χ4n) is 4.40. The Bertz CT molecular complexity index is 1590. The highest BCUT2D eigenvalue weighted by Crippen LogP contribution is 2.29. The Balaban J connectivity index is 2.13. The second-order valence-corrected chi connectivity index (χ2v) is 13.0. The van der Waals surface area contributed by atoms with Crippen molar-refractivity contribution < 1.29 is 22.9 Å². The molecule has 3 aromatic carbocycles. The van der Waals surface area contributed by atoms with Gasteiger partial charge in [0.1, 0.15) is 12.6 Å². The Labute approximate surface area is 261 Å². The van der Waals surface area contributed by atoms with Crippen LogP contribution in [0, 0.1) is 17.0 Å². The number of nitrogens with one attached hydrogen (secondary N) is 1. The molecule has 0 saturated heterocycles. The zero-order valence-corrected chi connectivity index (χ0v) is 26.6. The van der Waals surface area contributed by atoms with Crippen molar-refractivity contribution >= 4 is 56.4 Å². The standard InChI is InChI=1S/C30H34Cl2N4O6S/c1-5-21(3)33-30(38)28(16-22-9-7-6-8-10-22)34(18-23-12-14-25(31)26(32)15-23)29(37)19-35(43(4,41)42)27-17-24(36(39)40)13-11-20(27)2/h6-15,17,21,28H,5,16,18-19H2,1-4H3,(H,33,38)/t21-,28-/m0/s1. The van der Waals surface area contributed by atoms with E-state index in [4.69, 9.17) is 23.2 Å². The van der Waals surface area contributed by atoms with Gasteiger partial charge < -0.3 is 10.2 Å². The van der Waals surface area contributed by atoms with Crippen LogP contribution in [0.15, 0.2) is 66.7 Å². The fourth-order valence-corrected chi connectivity index (χ4v) is 5.62. The average Bonchev–Trinajstić information content (AvgIpc) is 2.95. The third-order valence-corrected chi connectivity index (χ3v) is 8.83. The van der Waals surface area contributed by atoms with Crippen LogP contribution in [0.1, 0.15) is 37.0 Å². The lowest BCUT2D eigenvalue weighted by Crippen LogP contribution is -2.54. The molecule has 3 rings (SSSR count). The maximum atomic E-state index is 14.2. The summed E-state index contributed by atoms with van der Waals surface area (Å²) >= 11 is 12.4. The molecule has 10 nitrogen and oxygen atoms in total. The predicted molar refractivity (Wildman–Crippen MR) is 169 cm³/mol. The Morgan fingerprint density at radius 2 is 1.67 bits per heavy atom. The first-order valence-electron chi connectivity index (χ1n) is 13.5. The maximum Gasteiger partial charge on any atom is 0.271 e. The molecule has 0 fully saturated rings. The maximum absolute atomic E-state index is 14.2. The van der Waals surface area contributed by atoms with Gasteiger partial charge in [-0.2, -0.15) is 0 Å². The number of nitro benzene ring substituents is 1. The molecule has 2 atom stereocenters. The lowest BCUT2D eigenvalue weighted by atomic mass is 10.0. The number of nitrogens with zero attached hydrogens (tertiary/aromatic N) is 3. The van der Waals surface area contributed by atoms with Crippen LogP contribution in [-0.2, 0) is 32.6 Å². The zero-order chi connectivity index (χ0) is 31.9. The molecule has 1 N–H and O–H groups in total. The minimum absolute atomic E-state index is 0.0109. The minimum Gasteiger partial charge on any atom is -0.352 e. The molecule has 0 aliphatic heterocycles. The third kappa shape index (κ3) is 9.16. The van der Waals surface area contributed by atoms with E-state index in [1.807, 2.05) is 44.2 Å². The number of carbonyl (C=O) groups is 2. The number of sulfonamides is 1. The Morgan fingerprint density at radius 3 is 2.26 bits per heavy atom. The molecule has 0 radical (unpaired) electrons. The molecule has 0 bridgehead atoms. The number of hydrogen-bond acceptors (Lipinski definition) is 6. The number of aryl methyl sites for hydroxylation is 1. The lowest BCUT2D eigenvalue weighted by molar-refractivity contribution is -0.384. The number of anilines is 1. The van der Waals surface area contributed by atoms with E-state index in [1.54, 1.807) is 25.1 Å². The molecule has 0 aliphatic rings. The van der Waals surface area contributed by atoms with Gasteiger partial charge in [-0.25, -0.2) is 8.42 Å². The molecule has 0 aromatic heterocycles. The summed E-state index contributed by atoms with van der Waals surface area (Å²) in [5.41, 5.74) is 1.42. The van der Waals surface area contributed by atoms with Crippen LogP contribution in [-0.4, -0.2) is 54.9 Å². The molecule has 43 heavy (non-hydrogen) atoms. The third-order valence-electron chi connectivity index (χ3n) is 6.96. The van der Waals surface area contributed by atoms with Gasteiger partial charge in [0.2, 0.25) is 21.8 Å². The van der Waals surface area contributed by atoms with Gasteiger partial charge in [0.05, 0.1) is 26.9 Å². The normalized spacial score (nSPS) is 12.7. The summed E-state index contributed by atoms with van der Waals surface area (Å²) in [4.78, 5) is 40.1. The average molecular weight is 650 g/mol. The van der Waals surface area contributed by atoms with Crippen molar-refractivity contribution in [3.8, 4) is 0 Å². The van der Waals surface area contributed by atoms with Gasteiger partial charge in [-0.1, -0.05) is 72.6 Å². The number of rotatable bonds is 13. The zero-order valence-electron chi connectivity index (χ0n) is 24.3. The molecular formula is C30H34Cl2N4O6S. The summed E-state index contributed by atoms with van der Waals surface area (Å²) in [5.74, 6) is -1.10. The Hall–Kier alpha value is -3.67. The molecule has 230 valence electrons. The number of hydrogen-bond donors (Lipinski definition) is 1. The van der Waals surface area contributed by atoms with Crippen LogP contribution < -0.4 is 9.62 Å². The summed E-state index contributed by atoms with van der Waals surface area (Å²) in [6.07, 6.45) is 1.71. The molecule has 0 heterocycles. The number of carbonyl (C=O) groups excluding carboxylic acids is 2. The van der Waals surface area contributed by atoms with Crippen molar-refractivity contribution in [3.05, 3.63) is 104 Å². The van der Waals surface area contributed by atoms with Crippen LogP contribution in [0.5, 0.6) is 0 Å². The highest BCUT2D eigenvalue weighted by Gasteiger charge is 2.34. The first-order chi connectivity index (χ1) is 20.2. The SMILES string of the molecule is CC[C@H](C)NC(=O)[C@H](Cc1ccccc1)N(Cc1ccc(Cl)c(Cl)c1)C(=O)CN(c1cc([N+](=O)[O-])ccc1C)S(C)(=O)=O. The quantitative estimate of drug-likeness (QED) is 0.192.